The number of halogens is 2. The highest BCUT2D eigenvalue weighted by atomic mass is 35.5. The summed E-state index contributed by atoms with van der Waals surface area (Å²) in [6.45, 7) is 1.73. The van der Waals surface area contributed by atoms with Gasteiger partial charge in [0.1, 0.15) is 11.6 Å². The van der Waals surface area contributed by atoms with Gasteiger partial charge in [-0.1, -0.05) is 23.7 Å². The summed E-state index contributed by atoms with van der Waals surface area (Å²) in [4.78, 5) is 24.3. The minimum atomic E-state index is -0.821. The summed E-state index contributed by atoms with van der Waals surface area (Å²) in [5.74, 6) is -2.42. The summed E-state index contributed by atoms with van der Waals surface area (Å²) in [7, 11) is 0. The predicted molar refractivity (Wildman–Crippen MR) is 96.8 cm³/mol. The molecule has 1 amide bonds. The van der Waals surface area contributed by atoms with E-state index < -0.39 is 17.7 Å². The lowest BCUT2D eigenvalue weighted by molar-refractivity contribution is -0.138. The van der Waals surface area contributed by atoms with Crippen LogP contribution in [0.25, 0.3) is 0 Å². The van der Waals surface area contributed by atoms with Crippen LogP contribution in [0.1, 0.15) is 17.3 Å². The number of nitrogens with two attached hydrogens (primary N) is 1. The Balaban J connectivity index is 2.32. The molecule has 0 bridgehead atoms. The zero-order valence-corrected chi connectivity index (χ0v) is 14.6. The van der Waals surface area contributed by atoms with Crippen LogP contribution in [0, 0.1) is 5.82 Å². The summed E-state index contributed by atoms with van der Waals surface area (Å²) < 4.78 is 18.7. The second-order valence-corrected chi connectivity index (χ2v) is 5.51. The van der Waals surface area contributed by atoms with Gasteiger partial charge in [0.15, 0.2) is 5.70 Å². The number of carbonyl (C=O) groups is 2. The molecule has 0 atom stereocenters. The lowest BCUT2D eigenvalue weighted by Gasteiger charge is -2.15. The molecular formula is C18H17ClFN3O3. The van der Waals surface area contributed by atoms with Crippen molar-refractivity contribution in [2.75, 3.05) is 11.9 Å². The molecule has 0 saturated carbocycles. The first-order valence-corrected chi connectivity index (χ1v) is 8.05. The van der Waals surface area contributed by atoms with Gasteiger partial charge in [0, 0.05) is 10.7 Å². The zero-order chi connectivity index (χ0) is 19.1. The van der Waals surface area contributed by atoms with E-state index in [1.165, 1.54) is 18.2 Å². The maximum absolute atomic E-state index is 13.8. The Labute approximate surface area is 154 Å². The normalized spacial score (nSPS) is 11.3. The van der Waals surface area contributed by atoms with Gasteiger partial charge in [0.25, 0.3) is 5.91 Å². The number of anilines is 1. The fraction of sp³-hybridized carbons (Fsp3) is 0.111. The zero-order valence-electron chi connectivity index (χ0n) is 13.9. The Hall–Kier alpha value is -3.06. The molecule has 0 fully saturated rings. The number of nitrogens with one attached hydrogen (secondary N) is 2. The minimum absolute atomic E-state index is 0.106. The average molecular weight is 378 g/mol. The van der Waals surface area contributed by atoms with Gasteiger partial charge in [-0.3, -0.25) is 4.79 Å². The van der Waals surface area contributed by atoms with Crippen LogP contribution in [0.4, 0.5) is 10.1 Å². The third kappa shape index (κ3) is 4.97. The molecule has 0 spiro atoms. The predicted octanol–water partition coefficient (Wildman–Crippen LogP) is 3.01. The first-order chi connectivity index (χ1) is 12.4. The third-order valence-electron chi connectivity index (χ3n) is 3.24. The van der Waals surface area contributed by atoms with Crippen LogP contribution in [0.5, 0.6) is 0 Å². The highest BCUT2D eigenvalue weighted by Crippen LogP contribution is 2.16. The molecule has 0 aliphatic rings. The van der Waals surface area contributed by atoms with Crippen LogP contribution in [0.2, 0.25) is 5.02 Å². The van der Waals surface area contributed by atoms with Gasteiger partial charge in [-0.2, -0.15) is 0 Å². The quantitative estimate of drug-likeness (QED) is 0.531. The second-order valence-electron chi connectivity index (χ2n) is 5.08. The average Bonchev–Trinajstić information content (AvgIpc) is 2.62. The Kier molecular flexibility index (Phi) is 6.57. The summed E-state index contributed by atoms with van der Waals surface area (Å²) in [6.07, 6.45) is 0. The number of ether oxygens (including phenoxy) is 1. The molecule has 2 aromatic carbocycles. The maximum Gasteiger partial charge on any atom is 0.357 e. The Morgan fingerprint density at radius 2 is 1.81 bits per heavy atom. The molecule has 6 nitrogen and oxygen atoms in total. The van der Waals surface area contributed by atoms with Crippen molar-refractivity contribution < 1.29 is 18.7 Å². The molecule has 0 unspecified atom stereocenters. The maximum atomic E-state index is 13.8. The van der Waals surface area contributed by atoms with Crippen LogP contribution < -0.4 is 16.4 Å². The lowest BCUT2D eigenvalue weighted by Crippen LogP contribution is -2.33. The van der Waals surface area contributed by atoms with Gasteiger partial charge in [0.2, 0.25) is 0 Å². The van der Waals surface area contributed by atoms with Gasteiger partial charge in [-0.05, 0) is 43.3 Å². The first kappa shape index (κ1) is 19.3. The van der Waals surface area contributed by atoms with E-state index in [2.05, 4.69) is 10.6 Å². The highest BCUT2D eigenvalue weighted by Gasteiger charge is 2.18. The Morgan fingerprint density at radius 1 is 1.15 bits per heavy atom. The van der Waals surface area contributed by atoms with Gasteiger partial charge in [-0.15, -0.1) is 0 Å². The van der Waals surface area contributed by atoms with Crippen molar-refractivity contribution in [2.45, 2.75) is 6.92 Å². The van der Waals surface area contributed by atoms with Crippen molar-refractivity contribution in [1.82, 2.24) is 5.32 Å². The molecule has 0 aliphatic heterocycles. The summed E-state index contributed by atoms with van der Waals surface area (Å²) in [5, 5.41) is 5.72. The molecule has 26 heavy (non-hydrogen) atoms. The molecule has 8 heteroatoms. The molecule has 0 saturated heterocycles. The van der Waals surface area contributed by atoms with E-state index in [0.717, 1.165) is 6.07 Å². The molecule has 0 radical (unpaired) electrons. The van der Waals surface area contributed by atoms with Crippen LogP contribution in [0.3, 0.4) is 0 Å². The van der Waals surface area contributed by atoms with E-state index >= 15 is 0 Å². The summed E-state index contributed by atoms with van der Waals surface area (Å²) in [6, 6.07) is 11.9. The smallest absolute Gasteiger partial charge is 0.357 e. The van der Waals surface area contributed by atoms with Gasteiger partial charge in [-0.25, -0.2) is 9.18 Å². The molecule has 2 rings (SSSR count). The van der Waals surface area contributed by atoms with Crippen molar-refractivity contribution in [1.29, 1.82) is 0 Å². The number of benzene rings is 2. The van der Waals surface area contributed by atoms with E-state index in [0.29, 0.717) is 10.7 Å². The van der Waals surface area contributed by atoms with E-state index in [1.54, 1.807) is 31.2 Å². The number of amides is 1. The molecule has 0 heterocycles. The van der Waals surface area contributed by atoms with Crippen molar-refractivity contribution in [3.05, 3.63) is 76.5 Å². The number of carbonyl (C=O) groups excluding carboxylic acids is 2. The fourth-order valence-corrected chi connectivity index (χ4v) is 2.11. The topological polar surface area (TPSA) is 93.4 Å². The van der Waals surface area contributed by atoms with E-state index in [9.17, 15) is 14.0 Å². The third-order valence-corrected chi connectivity index (χ3v) is 3.49. The van der Waals surface area contributed by atoms with Crippen LogP contribution >= 0.6 is 11.6 Å². The van der Waals surface area contributed by atoms with Gasteiger partial charge >= 0.3 is 5.97 Å². The number of hydrogen-bond donors (Lipinski definition) is 3. The fourth-order valence-electron chi connectivity index (χ4n) is 1.98. The molecule has 136 valence electrons. The molecule has 4 N–H and O–H groups in total. The summed E-state index contributed by atoms with van der Waals surface area (Å²) >= 11 is 5.83. The van der Waals surface area contributed by atoms with Crippen LogP contribution in [0.15, 0.2) is 60.0 Å². The monoisotopic (exact) mass is 377 g/mol. The largest absolute Gasteiger partial charge is 0.461 e. The standard InChI is InChI=1S/C18H17ClFN3O3/c1-2-26-18(25)15(21)16(22-12-9-7-11(19)8-10-12)23-17(24)13-5-3-4-6-14(13)20/h3-10,22H,2,21H2,1H3,(H,23,24)/b16-15+. The molecule has 0 aromatic heterocycles. The van der Waals surface area contributed by atoms with E-state index in [4.69, 9.17) is 22.1 Å². The number of hydrogen-bond acceptors (Lipinski definition) is 5. The Morgan fingerprint density at radius 3 is 2.42 bits per heavy atom. The van der Waals surface area contributed by atoms with Crippen molar-refractivity contribution in [3.8, 4) is 0 Å². The van der Waals surface area contributed by atoms with Crippen molar-refractivity contribution in [2.24, 2.45) is 5.73 Å². The summed E-state index contributed by atoms with van der Waals surface area (Å²) in [5.41, 5.74) is 5.75. The van der Waals surface area contributed by atoms with Gasteiger partial charge < -0.3 is 21.1 Å². The highest BCUT2D eigenvalue weighted by molar-refractivity contribution is 6.30. The SMILES string of the molecule is CCOC(=O)/C(N)=C(\NC(=O)c1ccccc1F)Nc1ccc(Cl)cc1. The van der Waals surface area contributed by atoms with E-state index in [-0.39, 0.29) is 23.7 Å². The lowest BCUT2D eigenvalue weighted by atomic mass is 10.2. The van der Waals surface area contributed by atoms with Crippen LogP contribution in [-0.2, 0) is 9.53 Å². The first-order valence-electron chi connectivity index (χ1n) is 7.67. The van der Waals surface area contributed by atoms with E-state index in [1.807, 2.05) is 0 Å². The van der Waals surface area contributed by atoms with Crippen molar-refractivity contribution in [3.63, 3.8) is 0 Å². The second kappa shape index (κ2) is 8.87. The Bertz CT molecular complexity index is 838. The number of rotatable bonds is 6. The molecular weight excluding hydrogens is 361 g/mol. The van der Waals surface area contributed by atoms with Gasteiger partial charge in [0.05, 0.1) is 12.2 Å². The molecule has 0 aliphatic carbocycles. The molecule has 2 aromatic rings. The number of esters is 1. The van der Waals surface area contributed by atoms with Crippen LogP contribution in [-0.4, -0.2) is 18.5 Å². The minimum Gasteiger partial charge on any atom is -0.461 e. The van der Waals surface area contributed by atoms with Crippen molar-refractivity contribution >= 4 is 29.2 Å².